The first-order valence-electron chi connectivity index (χ1n) is 4.62. The summed E-state index contributed by atoms with van der Waals surface area (Å²) in [6, 6.07) is 1.80. The highest BCUT2D eigenvalue weighted by Gasteiger charge is 2.23. The molecular weight excluding hydrogens is 230 g/mol. The predicted molar refractivity (Wildman–Crippen MR) is 65.0 cm³/mol. The Labute approximate surface area is 95.3 Å². The highest BCUT2D eigenvalue weighted by Crippen LogP contribution is 2.33. The van der Waals surface area contributed by atoms with Crippen LogP contribution in [0.15, 0.2) is 14.6 Å². The van der Waals surface area contributed by atoms with E-state index in [2.05, 4.69) is 4.36 Å². The van der Waals surface area contributed by atoms with Gasteiger partial charge in [0.15, 0.2) is 0 Å². The van der Waals surface area contributed by atoms with Gasteiger partial charge in [-0.1, -0.05) is 0 Å². The van der Waals surface area contributed by atoms with Crippen molar-refractivity contribution in [2.45, 2.75) is 30.6 Å². The molecule has 0 aliphatic heterocycles. The van der Waals surface area contributed by atoms with E-state index in [4.69, 9.17) is 0 Å². The van der Waals surface area contributed by atoms with E-state index in [9.17, 15) is 9.32 Å². The maximum atomic E-state index is 12.0. The summed E-state index contributed by atoms with van der Waals surface area (Å²) in [5.41, 5.74) is -0.0528. The monoisotopic (exact) mass is 247 g/mol. The Morgan fingerprint density at radius 3 is 2.40 bits per heavy atom. The summed E-state index contributed by atoms with van der Waals surface area (Å²) >= 11 is 1.44. The van der Waals surface area contributed by atoms with Crippen molar-refractivity contribution in [2.75, 3.05) is 13.3 Å². The van der Waals surface area contributed by atoms with Crippen LogP contribution in [-0.2, 0) is 15.3 Å². The van der Waals surface area contributed by atoms with E-state index in [0.29, 0.717) is 0 Å². The summed E-state index contributed by atoms with van der Waals surface area (Å²) in [6.07, 6.45) is 1.62. The molecule has 1 aromatic rings. The Kier molecular flexibility index (Phi) is 3.28. The van der Waals surface area contributed by atoms with Gasteiger partial charge < -0.3 is 5.11 Å². The van der Waals surface area contributed by atoms with Crippen LogP contribution in [0.1, 0.15) is 24.3 Å². The van der Waals surface area contributed by atoms with Crippen molar-refractivity contribution in [3.63, 3.8) is 0 Å². The average Bonchev–Trinajstić information content (AvgIpc) is 2.47. The Balaban J connectivity index is 3.37. The first-order chi connectivity index (χ1) is 6.68. The third kappa shape index (κ3) is 2.59. The van der Waals surface area contributed by atoms with Gasteiger partial charge >= 0.3 is 0 Å². The molecule has 1 aromatic heterocycles. The third-order valence-electron chi connectivity index (χ3n) is 2.28. The second-order valence-electron chi connectivity index (χ2n) is 4.08. The fraction of sp³-hybridized carbons (Fsp3) is 0.600. The van der Waals surface area contributed by atoms with Crippen LogP contribution in [0, 0.1) is 6.92 Å². The van der Waals surface area contributed by atoms with Crippen molar-refractivity contribution in [3.8, 4) is 0 Å². The minimum atomic E-state index is -2.28. The topological polar surface area (TPSA) is 49.7 Å². The second-order valence-corrected chi connectivity index (χ2v) is 8.00. The minimum Gasteiger partial charge on any atom is -0.386 e. The lowest BCUT2D eigenvalue weighted by Crippen LogP contribution is -2.15. The number of aryl methyl sites for hydroxylation is 1. The number of hydrogen-bond acceptors (Lipinski definition) is 4. The predicted octanol–water partition coefficient (Wildman–Crippen LogP) is 2.37. The first kappa shape index (κ1) is 12.7. The quantitative estimate of drug-likeness (QED) is 0.872. The lowest BCUT2D eigenvalue weighted by molar-refractivity contribution is 0.0783. The van der Waals surface area contributed by atoms with Crippen molar-refractivity contribution >= 4 is 21.1 Å². The molecule has 1 rings (SSSR count). The highest BCUT2D eigenvalue weighted by atomic mass is 32.2. The molecule has 0 bridgehead atoms. The van der Waals surface area contributed by atoms with Crippen LogP contribution in [0.25, 0.3) is 0 Å². The molecule has 0 aliphatic rings. The van der Waals surface area contributed by atoms with Crippen molar-refractivity contribution in [1.29, 1.82) is 0 Å². The van der Waals surface area contributed by atoms with Gasteiger partial charge in [-0.3, -0.25) is 0 Å². The molecule has 3 nitrogen and oxygen atoms in total. The summed E-state index contributed by atoms with van der Waals surface area (Å²) in [5.74, 6) is 0. The van der Waals surface area contributed by atoms with Crippen LogP contribution >= 0.6 is 11.3 Å². The van der Waals surface area contributed by atoms with Gasteiger partial charge in [0.1, 0.15) is 0 Å². The highest BCUT2D eigenvalue weighted by molar-refractivity contribution is 7.94. The lowest BCUT2D eigenvalue weighted by atomic mass is 10.00. The minimum absolute atomic E-state index is 0.736. The van der Waals surface area contributed by atoms with E-state index < -0.39 is 15.3 Å². The van der Waals surface area contributed by atoms with Gasteiger partial charge in [-0.15, -0.1) is 11.3 Å². The molecular formula is C10H17NO2S2. The summed E-state index contributed by atoms with van der Waals surface area (Å²) in [5, 5.41) is 9.90. The number of nitrogens with zero attached hydrogens (tertiary/aromatic N) is 1. The second kappa shape index (κ2) is 3.88. The largest absolute Gasteiger partial charge is 0.386 e. The van der Waals surface area contributed by atoms with E-state index in [1.54, 1.807) is 33.2 Å². The summed E-state index contributed by atoms with van der Waals surface area (Å²) < 4.78 is 16.6. The van der Waals surface area contributed by atoms with Gasteiger partial charge in [-0.2, -0.15) is 0 Å². The Morgan fingerprint density at radius 1 is 1.53 bits per heavy atom. The van der Waals surface area contributed by atoms with Gasteiger partial charge in [0.05, 0.1) is 19.5 Å². The lowest BCUT2D eigenvalue weighted by Gasteiger charge is -2.16. The van der Waals surface area contributed by atoms with Crippen LogP contribution in [0.5, 0.6) is 0 Å². The summed E-state index contributed by atoms with van der Waals surface area (Å²) in [6.45, 7) is 5.38. The van der Waals surface area contributed by atoms with E-state index in [1.807, 2.05) is 6.92 Å². The molecule has 5 heteroatoms. The maximum Gasteiger partial charge on any atom is 0.1000 e. The molecule has 1 heterocycles. The molecule has 1 atom stereocenters. The van der Waals surface area contributed by atoms with Crippen molar-refractivity contribution in [2.24, 2.45) is 4.36 Å². The molecule has 0 aliphatic carbocycles. The normalized spacial score (nSPS) is 16.1. The van der Waals surface area contributed by atoms with E-state index in [1.165, 1.54) is 11.3 Å². The fourth-order valence-electron chi connectivity index (χ4n) is 1.34. The molecule has 86 valence electrons. The van der Waals surface area contributed by atoms with Crippen LogP contribution in [0.3, 0.4) is 0 Å². The zero-order valence-electron chi connectivity index (χ0n) is 9.70. The van der Waals surface area contributed by atoms with Crippen molar-refractivity contribution < 1.29 is 9.32 Å². The van der Waals surface area contributed by atoms with Crippen molar-refractivity contribution in [1.82, 2.24) is 0 Å². The van der Waals surface area contributed by atoms with Crippen LogP contribution in [-0.4, -0.2) is 22.6 Å². The van der Waals surface area contributed by atoms with E-state index in [0.717, 1.165) is 14.6 Å². The molecule has 0 saturated carbocycles. The molecule has 1 unspecified atom stereocenters. The maximum absolute atomic E-state index is 12.0. The number of rotatable bonds is 2. The van der Waals surface area contributed by atoms with Gasteiger partial charge in [0, 0.05) is 18.2 Å². The van der Waals surface area contributed by atoms with Gasteiger partial charge in [0.2, 0.25) is 0 Å². The third-order valence-corrected chi connectivity index (χ3v) is 5.86. The molecule has 15 heavy (non-hydrogen) atoms. The van der Waals surface area contributed by atoms with Crippen LogP contribution in [0.4, 0.5) is 0 Å². The van der Waals surface area contributed by atoms with Gasteiger partial charge in [-0.05, 0) is 32.4 Å². The Morgan fingerprint density at radius 2 is 2.07 bits per heavy atom. The SMILES string of the molecule is CN=S(C)(=O)c1cc(C(C)(C)O)c(C)s1. The Bertz CT molecular complexity index is 474. The summed E-state index contributed by atoms with van der Waals surface area (Å²) in [4.78, 5) is 0.996. The van der Waals surface area contributed by atoms with Gasteiger partial charge in [-0.25, -0.2) is 8.57 Å². The zero-order valence-corrected chi connectivity index (χ0v) is 11.3. The Hall–Kier alpha value is -0.390. The first-order valence-corrected chi connectivity index (χ1v) is 7.36. The molecule has 0 radical (unpaired) electrons. The molecule has 0 saturated heterocycles. The van der Waals surface area contributed by atoms with Crippen molar-refractivity contribution in [3.05, 3.63) is 16.5 Å². The number of hydrogen-bond donors (Lipinski definition) is 1. The molecule has 0 spiro atoms. The molecule has 0 fully saturated rings. The van der Waals surface area contributed by atoms with Crippen LogP contribution < -0.4 is 0 Å². The fourth-order valence-corrected chi connectivity index (χ4v) is 3.97. The number of aliphatic hydroxyl groups is 1. The van der Waals surface area contributed by atoms with E-state index >= 15 is 0 Å². The van der Waals surface area contributed by atoms with Gasteiger partial charge in [0.25, 0.3) is 0 Å². The number of thiophene rings is 1. The zero-order chi connectivity index (χ0) is 11.9. The molecule has 0 amide bonds. The summed E-state index contributed by atoms with van der Waals surface area (Å²) in [7, 11) is -0.721. The standard InChI is InChI=1S/C10H17NO2S2/c1-7-8(10(2,3)12)6-9(14-7)15(5,13)11-4/h6,12H,1-5H3. The average molecular weight is 247 g/mol. The molecule has 1 N–H and O–H groups in total. The van der Waals surface area contributed by atoms with E-state index in [-0.39, 0.29) is 0 Å². The smallest absolute Gasteiger partial charge is 0.1000 e. The molecule has 0 aromatic carbocycles. The van der Waals surface area contributed by atoms with Crippen LogP contribution in [0.2, 0.25) is 0 Å².